The van der Waals surface area contributed by atoms with Gasteiger partial charge in [-0.1, -0.05) is 6.42 Å². The predicted octanol–water partition coefficient (Wildman–Crippen LogP) is 2.02. The first kappa shape index (κ1) is 13.6. The van der Waals surface area contributed by atoms with Crippen LogP contribution in [0.3, 0.4) is 0 Å². The lowest BCUT2D eigenvalue weighted by molar-refractivity contribution is 0.193. The topological polar surface area (TPSA) is 47.1 Å². The number of nitrogens with two attached hydrogens (primary N) is 1. The molecule has 1 saturated carbocycles. The van der Waals surface area contributed by atoms with E-state index in [0.29, 0.717) is 18.0 Å². The number of rotatable bonds is 5. The molecule has 0 amide bonds. The van der Waals surface area contributed by atoms with Crippen molar-refractivity contribution in [3.8, 4) is 0 Å². The minimum absolute atomic E-state index is 0.437. The average molecular weight is 250 g/mol. The van der Waals surface area contributed by atoms with Crippen molar-refractivity contribution in [2.24, 2.45) is 11.7 Å². The molecule has 0 radical (unpaired) electrons. The van der Waals surface area contributed by atoms with Gasteiger partial charge in [0.25, 0.3) is 0 Å². The molecule has 1 aliphatic carbocycles. The highest BCUT2D eigenvalue weighted by molar-refractivity contribution is 5.05. The van der Waals surface area contributed by atoms with Crippen LogP contribution in [0.4, 0.5) is 0 Å². The van der Waals surface area contributed by atoms with Crippen molar-refractivity contribution < 1.29 is 0 Å². The molecule has 0 spiro atoms. The quantitative estimate of drug-likeness (QED) is 0.869. The maximum Gasteiger partial charge on any atom is 0.0534 e. The van der Waals surface area contributed by atoms with Gasteiger partial charge in [0, 0.05) is 30.4 Å². The molecule has 18 heavy (non-hydrogen) atoms. The van der Waals surface area contributed by atoms with Crippen LogP contribution in [0.15, 0.2) is 12.4 Å². The Labute approximate surface area is 110 Å². The van der Waals surface area contributed by atoms with Crippen molar-refractivity contribution in [3.05, 3.63) is 18.0 Å². The first-order chi connectivity index (χ1) is 8.61. The van der Waals surface area contributed by atoms with Crippen LogP contribution in [-0.4, -0.2) is 34.3 Å². The lowest BCUT2D eigenvalue weighted by atomic mass is 10.0. The van der Waals surface area contributed by atoms with Crippen LogP contribution in [0.25, 0.3) is 0 Å². The van der Waals surface area contributed by atoms with Crippen molar-refractivity contribution in [2.75, 3.05) is 13.6 Å². The molecule has 0 aromatic carbocycles. The van der Waals surface area contributed by atoms with Gasteiger partial charge in [-0.15, -0.1) is 0 Å². The van der Waals surface area contributed by atoms with E-state index >= 15 is 0 Å². The van der Waals surface area contributed by atoms with Crippen molar-refractivity contribution in [3.63, 3.8) is 0 Å². The Morgan fingerprint density at radius 2 is 2.28 bits per heavy atom. The van der Waals surface area contributed by atoms with Gasteiger partial charge in [0.15, 0.2) is 0 Å². The summed E-state index contributed by atoms with van der Waals surface area (Å²) in [6, 6.07) is 1.09. The zero-order chi connectivity index (χ0) is 13.1. The van der Waals surface area contributed by atoms with Gasteiger partial charge in [-0.05, 0) is 46.2 Å². The fourth-order valence-electron chi connectivity index (χ4n) is 3.02. The zero-order valence-corrected chi connectivity index (χ0v) is 11.8. The summed E-state index contributed by atoms with van der Waals surface area (Å²) in [6.45, 7) is 6.11. The third-order valence-corrected chi connectivity index (χ3v) is 4.10. The highest BCUT2D eigenvalue weighted by Crippen LogP contribution is 2.29. The van der Waals surface area contributed by atoms with Crippen LogP contribution in [0.1, 0.15) is 44.7 Å². The molecule has 4 heteroatoms. The predicted molar refractivity (Wildman–Crippen MR) is 74.3 cm³/mol. The Hall–Kier alpha value is -0.870. The second-order valence-electron chi connectivity index (χ2n) is 5.83. The minimum atomic E-state index is 0.437. The SMILES string of the molecule is CC(C)n1cc(CN(C)C2CCCC2CN)cn1. The summed E-state index contributed by atoms with van der Waals surface area (Å²) < 4.78 is 2.03. The summed E-state index contributed by atoms with van der Waals surface area (Å²) in [5.74, 6) is 0.676. The lowest BCUT2D eigenvalue weighted by Crippen LogP contribution is -2.37. The normalized spacial score (nSPS) is 24.3. The van der Waals surface area contributed by atoms with E-state index in [9.17, 15) is 0 Å². The van der Waals surface area contributed by atoms with E-state index in [1.807, 2.05) is 10.9 Å². The Morgan fingerprint density at radius 3 is 2.89 bits per heavy atom. The van der Waals surface area contributed by atoms with Gasteiger partial charge in [0.1, 0.15) is 0 Å². The lowest BCUT2D eigenvalue weighted by Gasteiger charge is -2.28. The molecular weight excluding hydrogens is 224 g/mol. The second kappa shape index (κ2) is 5.85. The van der Waals surface area contributed by atoms with Crippen molar-refractivity contribution in [1.82, 2.24) is 14.7 Å². The fraction of sp³-hybridized carbons (Fsp3) is 0.786. The fourth-order valence-corrected chi connectivity index (χ4v) is 3.02. The van der Waals surface area contributed by atoms with E-state index in [0.717, 1.165) is 13.1 Å². The molecule has 2 N–H and O–H groups in total. The minimum Gasteiger partial charge on any atom is -0.330 e. The molecule has 1 fully saturated rings. The van der Waals surface area contributed by atoms with Crippen molar-refractivity contribution in [1.29, 1.82) is 0 Å². The van der Waals surface area contributed by atoms with Crippen molar-refractivity contribution in [2.45, 2.75) is 51.7 Å². The zero-order valence-electron chi connectivity index (χ0n) is 11.8. The van der Waals surface area contributed by atoms with Crippen LogP contribution in [0, 0.1) is 5.92 Å². The van der Waals surface area contributed by atoms with E-state index in [1.165, 1.54) is 24.8 Å². The van der Waals surface area contributed by atoms with E-state index < -0.39 is 0 Å². The molecular formula is C14H26N4. The molecule has 1 aliphatic rings. The van der Waals surface area contributed by atoms with Gasteiger partial charge >= 0.3 is 0 Å². The van der Waals surface area contributed by atoms with Crippen molar-refractivity contribution >= 4 is 0 Å². The largest absolute Gasteiger partial charge is 0.330 e. The van der Waals surface area contributed by atoms with Gasteiger partial charge in [-0.25, -0.2) is 0 Å². The third-order valence-electron chi connectivity index (χ3n) is 4.10. The first-order valence-electron chi connectivity index (χ1n) is 7.05. The molecule has 2 rings (SSSR count). The van der Waals surface area contributed by atoms with Gasteiger partial charge in [0.2, 0.25) is 0 Å². The molecule has 2 atom stereocenters. The van der Waals surface area contributed by atoms with E-state index in [-0.39, 0.29) is 0 Å². The highest BCUT2D eigenvalue weighted by Gasteiger charge is 2.29. The maximum absolute atomic E-state index is 5.86. The molecule has 1 heterocycles. The van der Waals surface area contributed by atoms with Crippen LogP contribution < -0.4 is 5.73 Å². The summed E-state index contributed by atoms with van der Waals surface area (Å²) in [4.78, 5) is 2.45. The summed E-state index contributed by atoms with van der Waals surface area (Å²) in [5.41, 5.74) is 7.16. The van der Waals surface area contributed by atoms with Gasteiger partial charge < -0.3 is 5.73 Å². The second-order valence-corrected chi connectivity index (χ2v) is 5.83. The van der Waals surface area contributed by atoms with Gasteiger partial charge in [0.05, 0.1) is 6.20 Å². The number of aromatic nitrogens is 2. The standard InChI is InChI=1S/C14H26N4/c1-11(2)18-10-12(8-16-18)9-17(3)14-6-4-5-13(14)7-15/h8,10-11,13-14H,4-7,9,15H2,1-3H3. The number of hydrogen-bond donors (Lipinski definition) is 1. The Kier molecular flexibility index (Phi) is 4.40. The molecule has 102 valence electrons. The van der Waals surface area contributed by atoms with Gasteiger partial charge in [-0.2, -0.15) is 5.10 Å². The molecule has 2 unspecified atom stereocenters. The van der Waals surface area contributed by atoms with Crippen LogP contribution >= 0.6 is 0 Å². The van der Waals surface area contributed by atoms with Crippen LogP contribution in [-0.2, 0) is 6.54 Å². The molecule has 1 aromatic rings. The highest BCUT2D eigenvalue weighted by atomic mass is 15.3. The molecule has 0 aliphatic heterocycles. The summed E-state index contributed by atoms with van der Waals surface area (Å²) in [5, 5.41) is 4.40. The van der Waals surface area contributed by atoms with Crippen LogP contribution in [0.2, 0.25) is 0 Å². The molecule has 0 bridgehead atoms. The maximum atomic E-state index is 5.86. The summed E-state index contributed by atoms with van der Waals surface area (Å²) in [7, 11) is 2.21. The average Bonchev–Trinajstić information content (AvgIpc) is 2.96. The Morgan fingerprint density at radius 1 is 1.50 bits per heavy atom. The third kappa shape index (κ3) is 2.93. The van der Waals surface area contributed by atoms with Gasteiger partial charge in [-0.3, -0.25) is 9.58 Å². The first-order valence-corrected chi connectivity index (χ1v) is 7.05. The molecule has 0 saturated heterocycles. The monoisotopic (exact) mass is 250 g/mol. The van der Waals surface area contributed by atoms with E-state index in [4.69, 9.17) is 5.73 Å². The van der Waals surface area contributed by atoms with E-state index in [2.05, 4.69) is 37.1 Å². The Balaban J connectivity index is 1.95. The smallest absolute Gasteiger partial charge is 0.0534 e. The number of nitrogens with zero attached hydrogens (tertiary/aromatic N) is 3. The number of hydrogen-bond acceptors (Lipinski definition) is 3. The van der Waals surface area contributed by atoms with Crippen LogP contribution in [0.5, 0.6) is 0 Å². The molecule has 4 nitrogen and oxygen atoms in total. The Bertz CT molecular complexity index is 372. The summed E-state index contributed by atoms with van der Waals surface area (Å²) >= 11 is 0. The summed E-state index contributed by atoms with van der Waals surface area (Å²) in [6.07, 6.45) is 8.05. The van der Waals surface area contributed by atoms with E-state index in [1.54, 1.807) is 0 Å². The molecule has 1 aromatic heterocycles.